The van der Waals surface area contributed by atoms with Crippen LogP contribution in [0.15, 0.2) is 133 Å². The van der Waals surface area contributed by atoms with Crippen LogP contribution in [0.1, 0.15) is 49.9 Å². The third-order valence-electron chi connectivity index (χ3n) is 10.7. The second-order valence-electron chi connectivity index (χ2n) is 13.6. The van der Waals surface area contributed by atoms with E-state index < -0.39 is 23.7 Å². The standard InChI is InChI=1S/C41H34BNO2/c1-39(2)40(3,4)45-42(44-39)29-22-23-31-32-24-27-14-8-9-15-28(27)25-35(32)41(36(31)26-29)33-18-10-12-20-37(33)43(30-16-6-5-7-17-30)38-21-13-11-19-34(38)41/h5-26H,1-4H3. The highest BCUT2D eigenvalue weighted by Crippen LogP contribution is 2.63. The molecule has 1 aliphatic carbocycles. The van der Waals surface area contributed by atoms with Gasteiger partial charge in [-0.25, -0.2) is 0 Å². The van der Waals surface area contributed by atoms with Crippen LogP contribution in [-0.2, 0) is 14.7 Å². The summed E-state index contributed by atoms with van der Waals surface area (Å²) in [5, 5.41) is 2.49. The normalized spacial score (nSPS) is 18.0. The summed E-state index contributed by atoms with van der Waals surface area (Å²) in [6.07, 6.45) is 0. The van der Waals surface area contributed by atoms with Gasteiger partial charge in [0.05, 0.1) is 28.0 Å². The quantitative estimate of drug-likeness (QED) is 0.189. The predicted octanol–water partition coefficient (Wildman–Crippen LogP) is 9.29. The van der Waals surface area contributed by atoms with Crippen molar-refractivity contribution in [2.75, 3.05) is 4.90 Å². The maximum atomic E-state index is 6.61. The van der Waals surface area contributed by atoms with Gasteiger partial charge >= 0.3 is 7.12 Å². The predicted molar refractivity (Wildman–Crippen MR) is 185 cm³/mol. The van der Waals surface area contributed by atoms with Crippen LogP contribution in [0.4, 0.5) is 17.1 Å². The van der Waals surface area contributed by atoms with Crippen LogP contribution >= 0.6 is 0 Å². The molecule has 9 rings (SSSR count). The third kappa shape index (κ3) is 3.55. The van der Waals surface area contributed by atoms with Gasteiger partial charge in [-0.3, -0.25) is 0 Å². The summed E-state index contributed by atoms with van der Waals surface area (Å²) in [6.45, 7) is 8.48. The van der Waals surface area contributed by atoms with Crippen molar-refractivity contribution in [3.8, 4) is 11.1 Å². The molecule has 6 aromatic rings. The third-order valence-corrected chi connectivity index (χ3v) is 10.7. The van der Waals surface area contributed by atoms with Gasteiger partial charge in [0.1, 0.15) is 0 Å². The maximum absolute atomic E-state index is 6.61. The van der Waals surface area contributed by atoms with Gasteiger partial charge in [0.25, 0.3) is 0 Å². The van der Waals surface area contributed by atoms with E-state index >= 15 is 0 Å². The van der Waals surface area contributed by atoms with Crippen molar-refractivity contribution >= 4 is 40.4 Å². The van der Waals surface area contributed by atoms with Crippen LogP contribution in [-0.4, -0.2) is 18.3 Å². The van der Waals surface area contributed by atoms with Gasteiger partial charge in [0, 0.05) is 5.69 Å². The molecule has 4 heteroatoms. The van der Waals surface area contributed by atoms with E-state index in [1.165, 1.54) is 55.5 Å². The highest BCUT2D eigenvalue weighted by molar-refractivity contribution is 6.62. The zero-order chi connectivity index (χ0) is 30.6. The van der Waals surface area contributed by atoms with Crippen LogP contribution in [0.2, 0.25) is 0 Å². The summed E-state index contributed by atoms with van der Waals surface area (Å²) >= 11 is 0. The minimum atomic E-state index is -0.535. The van der Waals surface area contributed by atoms with Crippen molar-refractivity contribution in [2.24, 2.45) is 0 Å². The molecular weight excluding hydrogens is 549 g/mol. The molecule has 0 radical (unpaired) electrons. The largest absolute Gasteiger partial charge is 0.494 e. The van der Waals surface area contributed by atoms with Crippen molar-refractivity contribution in [2.45, 2.75) is 44.3 Å². The molecule has 45 heavy (non-hydrogen) atoms. The monoisotopic (exact) mass is 583 g/mol. The van der Waals surface area contributed by atoms with E-state index in [2.05, 4.69) is 166 Å². The number of hydrogen-bond acceptors (Lipinski definition) is 3. The Morgan fingerprint density at radius 1 is 0.489 bits per heavy atom. The van der Waals surface area contributed by atoms with E-state index in [0.717, 1.165) is 11.2 Å². The van der Waals surface area contributed by atoms with Gasteiger partial charge < -0.3 is 14.2 Å². The fraction of sp³-hybridized carbons (Fsp3) is 0.171. The van der Waals surface area contributed by atoms with Crippen molar-refractivity contribution in [3.63, 3.8) is 0 Å². The zero-order valence-corrected chi connectivity index (χ0v) is 26.0. The average Bonchev–Trinajstić information content (AvgIpc) is 3.46. The summed E-state index contributed by atoms with van der Waals surface area (Å²) < 4.78 is 13.2. The van der Waals surface area contributed by atoms with Crippen molar-refractivity contribution in [3.05, 3.63) is 156 Å². The number of nitrogens with zero attached hydrogens (tertiary/aromatic N) is 1. The Hall–Kier alpha value is -4.64. The number of rotatable bonds is 2. The van der Waals surface area contributed by atoms with Crippen molar-refractivity contribution < 1.29 is 9.31 Å². The molecule has 0 aromatic heterocycles. The molecule has 2 heterocycles. The topological polar surface area (TPSA) is 21.7 Å². The number of fused-ring (bicyclic) bond motifs is 10. The molecule has 0 bridgehead atoms. The molecule has 1 saturated heterocycles. The highest BCUT2D eigenvalue weighted by atomic mass is 16.7. The molecule has 6 aromatic carbocycles. The lowest BCUT2D eigenvalue weighted by molar-refractivity contribution is 0.00578. The lowest BCUT2D eigenvalue weighted by Gasteiger charge is -2.45. The van der Waals surface area contributed by atoms with E-state index in [1.54, 1.807) is 0 Å². The molecule has 3 aliphatic rings. The first kappa shape index (κ1) is 26.7. The van der Waals surface area contributed by atoms with Crippen LogP contribution < -0.4 is 10.4 Å². The second-order valence-corrected chi connectivity index (χ2v) is 13.6. The molecule has 0 saturated carbocycles. The van der Waals surface area contributed by atoms with Crippen LogP contribution in [0, 0.1) is 0 Å². The van der Waals surface area contributed by atoms with E-state index in [9.17, 15) is 0 Å². The molecule has 218 valence electrons. The molecule has 1 spiro atoms. The highest BCUT2D eigenvalue weighted by Gasteiger charge is 2.54. The SMILES string of the molecule is CC1(C)OB(c2ccc3c(c2)C2(c4cc5ccccc5cc4-3)c3ccccc3N(c3ccccc3)c3ccccc32)OC1(C)C. The number of hydrogen-bond donors (Lipinski definition) is 0. The van der Waals surface area contributed by atoms with Crippen molar-refractivity contribution in [1.82, 2.24) is 0 Å². The molecule has 0 atom stereocenters. The molecule has 0 N–H and O–H groups in total. The number of anilines is 3. The van der Waals surface area contributed by atoms with Gasteiger partial charge in [-0.15, -0.1) is 0 Å². The van der Waals surface area contributed by atoms with E-state index in [1.807, 2.05) is 0 Å². The summed E-state index contributed by atoms with van der Waals surface area (Å²) in [7, 11) is -0.449. The van der Waals surface area contributed by atoms with Gasteiger partial charge in [0.15, 0.2) is 0 Å². The smallest absolute Gasteiger partial charge is 0.399 e. The van der Waals surface area contributed by atoms with E-state index in [4.69, 9.17) is 9.31 Å². The van der Waals surface area contributed by atoms with Crippen LogP contribution in [0.3, 0.4) is 0 Å². The molecule has 0 amide bonds. The average molecular weight is 584 g/mol. The first-order valence-corrected chi connectivity index (χ1v) is 15.9. The fourth-order valence-corrected chi connectivity index (χ4v) is 7.83. The first-order valence-electron chi connectivity index (χ1n) is 15.9. The Morgan fingerprint density at radius 3 is 1.67 bits per heavy atom. The van der Waals surface area contributed by atoms with Gasteiger partial charge in [-0.2, -0.15) is 0 Å². The minimum absolute atomic E-state index is 0.421. The second kappa shape index (κ2) is 9.20. The van der Waals surface area contributed by atoms with Crippen molar-refractivity contribution in [1.29, 1.82) is 0 Å². The Kier molecular flexibility index (Phi) is 5.47. The van der Waals surface area contributed by atoms with E-state index in [0.29, 0.717) is 0 Å². The molecule has 3 nitrogen and oxygen atoms in total. The minimum Gasteiger partial charge on any atom is -0.399 e. The molecular formula is C41H34BNO2. The summed E-state index contributed by atoms with van der Waals surface area (Å²) in [4.78, 5) is 2.42. The molecule has 1 fully saturated rings. The van der Waals surface area contributed by atoms with Crippen LogP contribution in [0.5, 0.6) is 0 Å². The molecule has 2 aliphatic heterocycles. The summed E-state index contributed by atoms with van der Waals surface area (Å²) in [5.41, 5.74) is 10.9. The number of benzene rings is 6. The lowest BCUT2D eigenvalue weighted by Crippen LogP contribution is -2.41. The fourth-order valence-electron chi connectivity index (χ4n) is 7.83. The number of para-hydroxylation sites is 3. The Labute approximate surface area is 265 Å². The Morgan fingerprint density at radius 2 is 1.02 bits per heavy atom. The van der Waals surface area contributed by atoms with Gasteiger partial charge in [-0.05, 0) is 114 Å². The zero-order valence-electron chi connectivity index (χ0n) is 26.0. The van der Waals surface area contributed by atoms with E-state index in [-0.39, 0.29) is 0 Å². The first-order chi connectivity index (χ1) is 21.8. The van der Waals surface area contributed by atoms with Crippen LogP contribution in [0.25, 0.3) is 21.9 Å². The molecule has 0 unspecified atom stereocenters. The van der Waals surface area contributed by atoms with Gasteiger partial charge in [0.2, 0.25) is 0 Å². The Bertz CT molecular complexity index is 2090. The Balaban J connectivity index is 1.39. The summed E-state index contributed by atoms with van der Waals surface area (Å²) in [6, 6.07) is 49.1. The van der Waals surface area contributed by atoms with Gasteiger partial charge in [-0.1, -0.05) is 97.1 Å². The maximum Gasteiger partial charge on any atom is 0.494 e. The summed E-state index contributed by atoms with van der Waals surface area (Å²) in [5.74, 6) is 0. The lowest BCUT2D eigenvalue weighted by atomic mass is 9.63.